The Morgan fingerprint density at radius 1 is 1.10 bits per heavy atom. The molecule has 0 bridgehead atoms. The number of urea groups is 1. The van der Waals surface area contributed by atoms with Gasteiger partial charge >= 0.3 is 6.03 Å². The van der Waals surface area contributed by atoms with Crippen molar-refractivity contribution in [2.75, 3.05) is 5.32 Å². The molecule has 0 aliphatic heterocycles. The number of anilines is 1. The average Bonchev–Trinajstić information content (AvgIpc) is 2.60. The summed E-state index contributed by atoms with van der Waals surface area (Å²) in [5.41, 5.74) is -0.0271. The number of rotatable bonds is 6. The van der Waals surface area contributed by atoms with Gasteiger partial charge in [-0.05, 0) is 39.3 Å². The van der Waals surface area contributed by atoms with Crippen molar-refractivity contribution in [2.24, 2.45) is 0 Å². The number of nitro groups is 1. The molecular formula is C19H24N4O5S. The van der Waals surface area contributed by atoms with Gasteiger partial charge in [0.2, 0.25) is 0 Å². The summed E-state index contributed by atoms with van der Waals surface area (Å²) in [4.78, 5) is 22.1. The molecule has 2 rings (SSSR count). The van der Waals surface area contributed by atoms with Gasteiger partial charge in [-0.25, -0.2) is 17.9 Å². The largest absolute Gasteiger partial charge is 0.377 e. The van der Waals surface area contributed by atoms with Crippen LogP contribution in [0.4, 0.5) is 16.2 Å². The van der Waals surface area contributed by atoms with Gasteiger partial charge in [-0.15, -0.1) is 0 Å². The minimum atomic E-state index is -4.38. The van der Waals surface area contributed by atoms with Gasteiger partial charge < -0.3 is 10.6 Å². The summed E-state index contributed by atoms with van der Waals surface area (Å²) in [6.07, 6.45) is 0. The van der Waals surface area contributed by atoms with Crippen LogP contribution in [0, 0.1) is 10.1 Å². The summed E-state index contributed by atoms with van der Waals surface area (Å²) in [6, 6.07) is 11.5. The van der Waals surface area contributed by atoms with Crippen molar-refractivity contribution in [3.63, 3.8) is 0 Å². The topological polar surface area (TPSA) is 130 Å². The molecule has 156 valence electrons. The maximum absolute atomic E-state index is 12.8. The first-order valence-electron chi connectivity index (χ1n) is 8.84. The molecule has 2 amide bonds. The van der Waals surface area contributed by atoms with Crippen LogP contribution in [0.1, 0.15) is 39.3 Å². The Kier molecular flexibility index (Phi) is 6.48. The molecule has 0 aromatic heterocycles. The van der Waals surface area contributed by atoms with Gasteiger partial charge in [0.1, 0.15) is 4.90 Å². The normalized spacial score (nSPS) is 12.7. The molecule has 1 atom stereocenters. The second-order valence-electron chi connectivity index (χ2n) is 7.52. The Hall–Kier alpha value is -3.14. The van der Waals surface area contributed by atoms with E-state index in [1.54, 1.807) is 20.8 Å². The van der Waals surface area contributed by atoms with E-state index in [1.165, 1.54) is 12.1 Å². The molecule has 0 unspecified atom stereocenters. The molecule has 0 radical (unpaired) electrons. The molecule has 9 nitrogen and oxygen atoms in total. The summed E-state index contributed by atoms with van der Waals surface area (Å²) in [7, 11) is -4.38. The van der Waals surface area contributed by atoms with E-state index in [2.05, 4.69) is 10.6 Å². The second-order valence-corrected chi connectivity index (χ2v) is 9.17. The Morgan fingerprint density at radius 2 is 1.72 bits per heavy atom. The highest BCUT2D eigenvalue weighted by Crippen LogP contribution is 2.29. The van der Waals surface area contributed by atoms with E-state index < -0.39 is 37.1 Å². The fourth-order valence-corrected chi connectivity index (χ4v) is 3.67. The van der Waals surface area contributed by atoms with E-state index in [-0.39, 0.29) is 11.7 Å². The van der Waals surface area contributed by atoms with Crippen LogP contribution in [0.25, 0.3) is 0 Å². The average molecular weight is 420 g/mol. The number of benzene rings is 2. The number of hydrogen-bond acceptors (Lipinski definition) is 6. The molecule has 0 saturated heterocycles. The lowest BCUT2D eigenvalue weighted by Crippen LogP contribution is -2.48. The van der Waals surface area contributed by atoms with Crippen molar-refractivity contribution < 1.29 is 18.1 Å². The lowest BCUT2D eigenvalue weighted by atomic mass is 10.1. The SMILES string of the molecule is C[C@H](Nc1ccc([N+](=O)[O-])cc1S(=O)(=O)NC(=O)NC(C)(C)C)c1ccccc1. The van der Waals surface area contributed by atoms with Crippen LogP contribution >= 0.6 is 0 Å². The first-order valence-corrected chi connectivity index (χ1v) is 10.3. The number of nitrogens with zero attached hydrogens (tertiary/aromatic N) is 1. The van der Waals surface area contributed by atoms with Crippen molar-refractivity contribution in [2.45, 2.75) is 44.2 Å². The van der Waals surface area contributed by atoms with Crippen molar-refractivity contribution in [3.05, 3.63) is 64.2 Å². The van der Waals surface area contributed by atoms with Crippen LogP contribution in [-0.4, -0.2) is 24.9 Å². The number of sulfonamides is 1. The Balaban J connectivity index is 2.40. The molecule has 0 heterocycles. The predicted molar refractivity (Wildman–Crippen MR) is 110 cm³/mol. The third-order valence-corrected chi connectivity index (χ3v) is 5.22. The van der Waals surface area contributed by atoms with Crippen LogP contribution in [0.3, 0.4) is 0 Å². The first-order chi connectivity index (χ1) is 13.4. The van der Waals surface area contributed by atoms with Crippen LogP contribution in [0.2, 0.25) is 0 Å². The molecule has 0 spiro atoms. The van der Waals surface area contributed by atoms with E-state index in [1.807, 2.05) is 42.0 Å². The van der Waals surface area contributed by atoms with Gasteiger partial charge in [0.15, 0.2) is 0 Å². The van der Waals surface area contributed by atoms with Gasteiger partial charge in [-0.1, -0.05) is 30.3 Å². The lowest BCUT2D eigenvalue weighted by Gasteiger charge is -2.22. The monoisotopic (exact) mass is 420 g/mol. The minimum Gasteiger partial charge on any atom is -0.377 e. The molecule has 10 heteroatoms. The number of non-ortho nitro benzene ring substituents is 1. The highest BCUT2D eigenvalue weighted by molar-refractivity contribution is 7.90. The molecule has 3 N–H and O–H groups in total. The number of nitro benzene ring substituents is 1. The van der Waals surface area contributed by atoms with Crippen LogP contribution in [0.5, 0.6) is 0 Å². The Bertz CT molecular complexity index is 1000. The van der Waals surface area contributed by atoms with E-state index >= 15 is 0 Å². The number of nitrogens with one attached hydrogen (secondary N) is 3. The zero-order valence-corrected chi connectivity index (χ0v) is 17.4. The standard InChI is InChI=1S/C19H24N4O5S/c1-13(14-8-6-5-7-9-14)20-16-11-10-15(23(25)26)12-17(16)29(27,28)22-18(24)21-19(2,3)4/h5-13,20H,1-4H3,(H2,21,22,24)/t13-/m0/s1. The van der Waals surface area contributed by atoms with Crippen LogP contribution < -0.4 is 15.4 Å². The summed E-state index contributed by atoms with van der Waals surface area (Å²) in [5, 5.41) is 16.7. The lowest BCUT2D eigenvalue weighted by molar-refractivity contribution is -0.385. The maximum atomic E-state index is 12.8. The molecule has 2 aromatic rings. The van der Waals surface area contributed by atoms with Crippen molar-refractivity contribution >= 4 is 27.4 Å². The van der Waals surface area contributed by atoms with Crippen LogP contribution in [-0.2, 0) is 10.0 Å². The summed E-state index contributed by atoms with van der Waals surface area (Å²) >= 11 is 0. The fraction of sp³-hybridized carbons (Fsp3) is 0.316. The third kappa shape index (κ3) is 6.18. The molecule has 0 fully saturated rings. The second kappa shape index (κ2) is 8.48. The zero-order valence-electron chi connectivity index (χ0n) is 16.6. The van der Waals surface area contributed by atoms with Gasteiger partial charge in [0.05, 0.1) is 10.6 Å². The number of carbonyl (C=O) groups is 1. The van der Waals surface area contributed by atoms with Gasteiger partial charge in [0.25, 0.3) is 15.7 Å². The van der Waals surface area contributed by atoms with Crippen molar-refractivity contribution in [3.8, 4) is 0 Å². The molecule has 0 aliphatic rings. The molecule has 29 heavy (non-hydrogen) atoms. The van der Waals surface area contributed by atoms with E-state index in [0.29, 0.717) is 0 Å². The molecular weight excluding hydrogens is 396 g/mol. The first kappa shape index (κ1) is 22.2. The van der Waals surface area contributed by atoms with E-state index in [9.17, 15) is 23.3 Å². The van der Waals surface area contributed by atoms with Gasteiger partial charge in [-0.2, -0.15) is 0 Å². The Morgan fingerprint density at radius 3 is 2.28 bits per heavy atom. The van der Waals surface area contributed by atoms with Crippen molar-refractivity contribution in [1.29, 1.82) is 0 Å². The number of amides is 2. The summed E-state index contributed by atoms with van der Waals surface area (Å²) < 4.78 is 27.5. The highest BCUT2D eigenvalue weighted by Gasteiger charge is 2.26. The smallest absolute Gasteiger partial charge is 0.329 e. The van der Waals surface area contributed by atoms with Crippen molar-refractivity contribution in [1.82, 2.24) is 10.0 Å². The van der Waals surface area contributed by atoms with E-state index in [0.717, 1.165) is 11.6 Å². The highest BCUT2D eigenvalue weighted by atomic mass is 32.2. The summed E-state index contributed by atoms with van der Waals surface area (Å²) in [6.45, 7) is 6.91. The van der Waals surface area contributed by atoms with Crippen LogP contribution in [0.15, 0.2) is 53.4 Å². The molecule has 0 saturated carbocycles. The summed E-state index contributed by atoms with van der Waals surface area (Å²) in [5.74, 6) is 0. The van der Waals surface area contributed by atoms with Gasteiger partial charge in [-0.3, -0.25) is 10.1 Å². The van der Waals surface area contributed by atoms with Gasteiger partial charge in [0, 0.05) is 23.7 Å². The fourth-order valence-electron chi connectivity index (χ4n) is 2.57. The quantitative estimate of drug-likeness (QED) is 0.484. The third-order valence-electron chi connectivity index (χ3n) is 3.85. The molecule has 2 aromatic carbocycles. The Labute approximate surface area is 169 Å². The minimum absolute atomic E-state index is 0.142. The number of carbonyl (C=O) groups excluding carboxylic acids is 1. The number of hydrogen-bond donors (Lipinski definition) is 3. The van der Waals surface area contributed by atoms with E-state index in [4.69, 9.17) is 0 Å². The maximum Gasteiger partial charge on any atom is 0.329 e. The zero-order chi connectivity index (χ0) is 21.8. The predicted octanol–water partition coefficient (Wildman–Crippen LogP) is 3.55. The molecule has 0 aliphatic carbocycles.